The van der Waals surface area contributed by atoms with Crippen molar-refractivity contribution in [2.24, 2.45) is 0 Å². The average Bonchev–Trinajstić information content (AvgIpc) is 1.81. The van der Waals surface area contributed by atoms with Crippen molar-refractivity contribution in [2.45, 2.75) is 58.3 Å². The van der Waals surface area contributed by atoms with E-state index in [9.17, 15) is 5.11 Å². The van der Waals surface area contributed by atoms with Crippen LogP contribution in [0.25, 0.3) is 0 Å². The molecule has 0 aliphatic carbocycles. The van der Waals surface area contributed by atoms with E-state index in [1.807, 2.05) is 6.92 Å². The van der Waals surface area contributed by atoms with Gasteiger partial charge in [-0.15, -0.1) is 0 Å². The summed E-state index contributed by atoms with van der Waals surface area (Å²) < 4.78 is 0. The van der Waals surface area contributed by atoms with Crippen LogP contribution in [0.15, 0.2) is 0 Å². The highest BCUT2D eigenvalue weighted by Gasteiger charge is 2.12. The molecule has 0 aromatic carbocycles. The lowest BCUT2D eigenvalue weighted by Crippen LogP contribution is -2.33. The SMILES string of the molecule is CC(O)CC(C)NCCC(C)(C)O. The molecule has 13 heavy (non-hydrogen) atoms. The summed E-state index contributed by atoms with van der Waals surface area (Å²) in [6.07, 6.45) is 1.23. The number of rotatable bonds is 6. The van der Waals surface area contributed by atoms with E-state index in [0.717, 1.165) is 19.4 Å². The van der Waals surface area contributed by atoms with Crippen LogP contribution in [0.3, 0.4) is 0 Å². The van der Waals surface area contributed by atoms with Gasteiger partial charge < -0.3 is 15.5 Å². The minimum Gasteiger partial charge on any atom is -0.393 e. The van der Waals surface area contributed by atoms with Gasteiger partial charge in [0.25, 0.3) is 0 Å². The summed E-state index contributed by atoms with van der Waals surface area (Å²) in [7, 11) is 0. The van der Waals surface area contributed by atoms with Crippen molar-refractivity contribution in [1.82, 2.24) is 5.32 Å². The Hall–Kier alpha value is -0.120. The maximum Gasteiger partial charge on any atom is 0.0603 e. The lowest BCUT2D eigenvalue weighted by molar-refractivity contribution is 0.0698. The van der Waals surface area contributed by atoms with E-state index in [4.69, 9.17) is 5.11 Å². The first-order valence-corrected chi connectivity index (χ1v) is 4.95. The minimum atomic E-state index is -0.600. The molecule has 0 rings (SSSR count). The zero-order valence-corrected chi connectivity index (χ0v) is 9.17. The molecule has 0 aliphatic rings. The third-order valence-corrected chi connectivity index (χ3v) is 1.92. The van der Waals surface area contributed by atoms with Gasteiger partial charge in [-0.2, -0.15) is 0 Å². The number of nitrogens with one attached hydrogen (secondary N) is 1. The van der Waals surface area contributed by atoms with Crippen LogP contribution in [0.5, 0.6) is 0 Å². The zero-order valence-electron chi connectivity index (χ0n) is 9.17. The van der Waals surface area contributed by atoms with Crippen LogP contribution in [0.4, 0.5) is 0 Å². The molecule has 0 amide bonds. The maximum atomic E-state index is 9.42. The van der Waals surface area contributed by atoms with Crippen LogP contribution in [0, 0.1) is 0 Å². The summed E-state index contributed by atoms with van der Waals surface area (Å²) in [6, 6.07) is 0.308. The molecule has 0 fully saturated rings. The van der Waals surface area contributed by atoms with E-state index in [1.54, 1.807) is 20.8 Å². The van der Waals surface area contributed by atoms with E-state index in [1.165, 1.54) is 0 Å². The molecule has 0 aromatic heterocycles. The number of hydrogen-bond donors (Lipinski definition) is 3. The van der Waals surface area contributed by atoms with E-state index in [2.05, 4.69) is 5.32 Å². The summed E-state index contributed by atoms with van der Waals surface area (Å²) in [5.41, 5.74) is -0.600. The third kappa shape index (κ3) is 9.80. The number of aliphatic hydroxyl groups is 2. The predicted octanol–water partition coefficient (Wildman–Crippen LogP) is 0.896. The van der Waals surface area contributed by atoms with Crippen molar-refractivity contribution < 1.29 is 10.2 Å². The lowest BCUT2D eigenvalue weighted by atomic mass is 10.1. The second-order valence-electron chi connectivity index (χ2n) is 4.50. The molecule has 2 unspecified atom stereocenters. The van der Waals surface area contributed by atoms with E-state index >= 15 is 0 Å². The number of hydrogen-bond acceptors (Lipinski definition) is 3. The Morgan fingerprint density at radius 3 is 2.23 bits per heavy atom. The summed E-state index contributed by atoms with van der Waals surface area (Å²) in [4.78, 5) is 0. The Morgan fingerprint density at radius 2 is 1.85 bits per heavy atom. The van der Waals surface area contributed by atoms with Crippen molar-refractivity contribution in [3.63, 3.8) is 0 Å². The summed E-state index contributed by atoms with van der Waals surface area (Å²) in [5, 5.41) is 21.8. The molecule has 0 bridgehead atoms. The standard InChI is InChI=1S/C10H23NO2/c1-8(7-9(2)12)11-6-5-10(3,4)13/h8-9,11-13H,5-7H2,1-4H3. The van der Waals surface area contributed by atoms with Crippen LogP contribution < -0.4 is 5.32 Å². The van der Waals surface area contributed by atoms with Crippen molar-refractivity contribution in [3.8, 4) is 0 Å². The highest BCUT2D eigenvalue weighted by molar-refractivity contribution is 4.69. The smallest absolute Gasteiger partial charge is 0.0603 e. The van der Waals surface area contributed by atoms with Crippen molar-refractivity contribution in [1.29, 1.82) is 0 Å². The monoisotopic (exact) mass is 189 g/mol. The number of aliphatic hydroxyl groups excluding tert-OH is 1. The van der Waals surface area contributed by atoms with Crippen LogP contribution in [0.1, 0.15) is 40.5 Å². The summed E-state index contributed by atoms with van der Waals surface area (Å²) in [5.74, 6) is 0. The molecule has 0 heterocycles. The average molecular weight is 189 g/mol. The van der Waals surface area contributed by atoms with Gasteiger partial charge in [0, 0.05) is 6.04 Å². The molecule has 0 spiro atoms. The molecule has 3 heteroatoms. The van der Waals surface area contributed by atoms with E-state index in [0.29, 0.717) is 6.04 Å². The van der Waals surface area contributed by atoms with Crippen LogP contribution in [-0.2, 0) is 0 Å². The predicted molar refractivity (Wildman–Crippen MR) is 54.7 cm³/mol. The molecule has 0 saturated heterocycles. The van der Waals surface area contributed by atoms with Gasteiger partial charge in [-0.3, -0.25) is 0 Å². The van der Waals surface area contributed by atoms with Crippen molar-refractivity contribution >= 4 is 0 Å². The first-order chi connectivity index (χ1) is 5.81. The molecule has 3 N–H and O–H groups in total. The van der Waals surface area contributed by atoms with Gasteiger partial charge in [-0.1, -0.05) is 0 Å². The largest absolute Gasteiger partial charge is 0.393 e. The van der Waals surface area contributed by atoms with Gasteiger partial charge in [-0.05, 0) is 47.1 Å². The van der Waals surface area contributed by atoms with Crippen molar-refractivity contribution in [3.05, 3.63) is 0 Å². The highest BCUT2D eigenvalue weighted by atomic mass is 16.3. The van der Waals surface area contributed by atoms with E-state index < -0.39 is 5.60 Å². The van der Waals surface area contributed by atoms with Gasteiger partial charge in [-0.25, -0.2) is 0 Å². The maximum absolute atomic E-state index is 9.42. The highest BCUT2D eigenvalue weighted by Crippen LogP contribution is 2.06. The molecular weight excluding hydrogens is 166 g/mol. The van der Waals surface area contributed by atoms with Crippen LogP contribution in [-0.4, -0.2) is 34.5 Å². The van der Waals surface area contributed by atoms with Gasteiger partial charge in [0.05, 0.1) is 11.7 Å². The first kappa shape index (κ1) is 12.9. The van der Waals surface area contributed by atoms with Crippen LogP contribution >= 0.6 is 0 Å². The van der Waals surface area contributed by atoms with Crippen molar-refractivity contribution in [2.75, 3.05) is 6.54 Å². The van der Waals surface area contributed by atoms with Gasteiger partial charge in [0.1, 0.15) is 0 Å². The third-order valence-electron chi connectivity index (χ3n) is 1.92. The first-order valence-electron chi connectivity index (χ1n) is 4.95. The minimum absolute atomic E-state index is 0.260. The molecule has 0 saturated carbocycles. The summed E-state index contributed by atoms with van der Waals surface area (Å²) in [6.45, 7) is 8.21. The molecular formula is C10H23NO2. The second kappa shape index (κ2) is 5.58. The van der Waals surface area contributed by atoms with E-state index in [-0.39, 0.29) is 6.10 Å². The van der Waals surface area contributed by atoms with Gasteiger partial charge in [0.15, 0.2) is 0 Å². The molecule has 2 atom stereocenters. The Kier molecular flexibility index (Phi) is 5.53. The molecule has 80 valence electrons. The Labute approximate surface area is 81.2 Å². The quantitative estimate of drug-likeness (QED) is 0.582. The molecule has 0 aromatic rings. The fraction of sp³-hybridized carbons (Fsp3) is 1.00. The van der Waals surface area contributed by atoms with Gasteiger partial charge >= 0.3 is 0 Å². The Bertz CT molecular complexity index is 129. The second-order valence-corrected chi connectivity index (χ2v) is 4.50. The van der Waals surface area contributed by atoms with Crippen LogP contribution in [0.2, 0.25) is 0 Å². The normalized spacial score (nSPS) is 17.1. The molecule has 0 radical (unpaired) electrons. The topological polar surface area (TPSA) is 52.5 Å². The lowest BCUT2D eigenvalue weighted by Gasteiger charge is -2.20. The molecule has 3 nitrogen and oxygen atoms in total. The zero-order chi connectivity index (χ0) is 10.5. The molecule has 0 aliphatic heterocycles. The Morgan fingerprint density at radius 1 is 1.31 bits per heavy atom. The van der Waals surface area contributed by atoms with Gasteiger partial charge in [0.2, 0.25) is 0 Å². The summed E-state index contributed by atoms with van der Waals surface area (Å²) >= 11 is 0. The Balaban J connectivity index is 3.42. The fourth-order valence-corrected chi connectivity index (χ4v) is 1.22. The fourth-order valence-electron chi connectivity index (χ4n) is 1.22.